The molecule has 0 rings (SSSR count). The van der Waals surface area contributed by atoms with Gasteiger partial charge in [-0.15, -0.1) is 0 Å². The number of unbranched alkanes of at least 4 members (excludes halogenated alkanes) is 16. The van der Waals surface area contributed by atoms with Crippen molar-refractivity contribution in [3.8, 4) is 0 Å². The third-order valence-corrected chi connectivity index (χ3v) is 5.23. The van der Waals surface area contributed by atoms with E-state index in [1.807, 2.05) is 0 Å². The fourth-order valence-electron chi connectivity index (χ4n) is 3.44. The maximum absolute atomic E-state index is 2.51. The first kappa shape index (κ1) is 23.7. The van der Waals surface area contributed by atoms with Crippen molar-refractivity contribution in [2.45, 2.75) is 143 Å². The summed E-state index contributed by atoms with van der Waals surface area (Å²) in [6, 6.07) is 0. The number of hydrogen-bond donors (Lipinski definition) is 0. The van der Waals surface area contributed by atoms with Crippen molar-refractivity contribution in [1.82, 2.24) is 0 Å². The molecule has 0 aliphatic rings. The van der Waals surface area contributed by atoms with Crippen LogP contribution in [0, 0.1) is 0 Å². The van der Waals surface area contributed by atoms with Gasteiger partial charge in [-0.1, -0.05) is 122 Å². The quantitative estimate of drug-likeness (QED) is 0.163. The van der Waals surface area contributed by atoms with E-state index in [1.165, 1.54) is 122 Å². The predicted molar refractivity (Wildman–Crippen MR) is 113 cm³/mol. The topological polar surface area (TPSA) is 0 Å². The minimum Gasteiger partial charge on any atom is -0.0856 e. The molecule has 0 saturated heterocycles. The van der Waals surface area contributed by atoms with Gasteiger partial charge in [0.05, 0.1) is 0 Å². The molecule has 0 aromatic carbocycles. The lowest BCUT2D eigenvalue weighted by atomic mass is 10.0. The van der Waals surface area contributed by atoms with E-state index in [9.17, 15) is 0 Å². The Morgan fingerprint density at radius 3 is 1.33 bits per heavy atom. The Bertz CT molecular complexity index is 251. The van der Waals surface area contributed by atoms with Gasteiger partial charge in [-0.25, -0.2) is 0 Å². The Hall–Kier alpha value is -0.260. The van der Waals surface area contributed by atoms with Crippen molar-refractivity contribution in [2.75, 3.05) is 0 Å². The fourth-order valence-corrected chi connectivity index (χ4v) is 3.44. The van der Waals surface area contributed by atoms with Crippen LogP contribution in [0.2, 0.25) is 0 Å². The molecule has 0 fully saturated rings. The van der Waals surface area contributed by atoms with E-state index in [1.54, 1.807) is 5.57 Å². The molecule has 0 atom stereocenters. The highest BCUT2D eigenvalue weighted by Crippen LogP contribution is 2.14. The molecule has 0 heterocycles. The molecule has 0 aliphatic heterocycles. The van der Waals surface area contributed by atoms with Crippen LogP contribution in [0.25, 0.3) is 0 Å². The maximum Gasteiger partial charge on any atom is -0.0323 e. The zero-order chi connectivity index (χ0) is 17.7. The SMILES string of the molecule is CCCCCCCCCCCCCC/C=C(/C)CCCCCCC. The zero-order valence-electron chi connectivity index (χ0n) is 17.5. The lowest BCUT2D eigenvalue weighted by Gasteiger charge is -2.03. The van der Waals surface area contributed by atoms with Crippen molar-refractivity contribution < 1.29 is 0 Å². The van der Waals surface area contributed by atoms with Gasteiger partial charge in [0.25, 0.3) is 0 Å². The Balaban J connectivity index is 3.19. The monoisotopic (exact) mass is 336 g/mol. The van der Waals surface area contributed by atoms with Gasteiger partial charge in [0.15, 0.2) is 0 Å². The van der Waals surface area contributed by atoms with Gasteiger partial charge in [-0.3, -0.25) is 0 Å². The Kier molecular flexibility index (Phi) is 20.6. The van der Waals surface area contributed by atoms with Crippen LogP contribution < -0.4 is 0 Å². The van der Waals surface area contributed by atoms with Crippen molar-refractivity contribution in [3.63, 3.8) is 0 Å². The van der Waals surface area contributed by atoms with Crippen molar-refractivity contribution in [2.24, 2.45) is 0 Å². The van der Waals surface area contributed by atoms with Gasteiger partial charge in [-0.05, 0) is 32.6 Å². The largest absolute Gasteiger partial charge is 0.0856 e. The van der Waals surface area contributed by atoms with E-state index in [2.05, 4.69) is 26.8 Å². The van der Waals surface area contributed by atoms with Crippen LogP contribution >= 0.6 is 0 Å². The third kappa shape index (κ3) is 19.8. The van der Waals surface area contributed by atoms with Crippen molar-refractivity contribution in [1.29, 1.82) is 0 Å². The molecule has 144 valence electrons. The summed E-state index contributed by atoms with van der Waals surface area (Å²) < 4.78 is 0. The van der Waals surface area contributed by atoms with E-state index < -0.39 is 0 Å². The number of rotatable bonds is 19. The van der Waals surface area contributed by atoms with E-state index >= 15 is 0 Å². The van der Waals surface area contributed by atoms with Crippen LogP contribution in [0.1, 0.15) is 143 Å². The summed E-state index contributed by atoms with van der Waals surface area (Å²) in [5.74, 6) is 0. The molecular formula is C24H48. The lowest BCUT2D eigenvalue weighted by molar-refractivity contribution is 0.544. The van der Waals surface area contributed by atoms with E-state index in [0.717, 1.165) is 0 Å². The maximum atomic E-state index is 2.51. The first-order chi connectivity index (χ1) is 11.8. The second-order valence-electron chi connectivity index (χ2n) is 7.89. The summed E-state index contributed by atoms with van der Waals surface area (Å²) in [4.78, 5) is 0. The van der Waals surface area contributed by atoms with Crippen LogP contribution in [0.15, 0.2) is 11.6 Å². The van der Waals surface area contributed by atoms with Crippen LogP contribution in [0.4, 0.5) is 0 Å². The smallest absolute Gasteiger partial charge is 0.0323 e. The summed E-state index contributed by atoms with van der Waals surface area (Å²) in [6.45, 7) is 6.92. The molecular weight excluding hydrogens is 288 g/mol. The minimum absolute atomic E-state index is 1.32. The molecule has 0 heteroatoms. The van der Waals surface area contributed by atoms with Crippen LogP contribution in [-0.2, 0) is 0 Å². The van der Waals surface area contributed by atoms with Gasteiger partial charge in [-0.2, -0.15) is 0 Å². The van der Waals surface area contributed by atoms with Crippen molar-refractivity contribution in [3.05, 3.63) is 11.6 Å². The number of hydrogen-bond acceptors (Lipinski definition) is 0. The first-order valence-corrected chi connectivity index (χ1v) is 11.5. The van der Waals surface area contributed by atoms with Gasteiger partial charge in [0.1, 0.15) is 0 Å². The summed E-state index contributed by atoms with van der Waals surface area (Å²) in [5, 5.41) is 0. The van der Waals surface area contributed by atoms with Gasteiger partial charge >= 0.3 is 0 Å². The molecule has 24 heavy (non-hydrogen) atoms. The summed E-state index contributed by atoms with van der Waals surface area (Å²) in [5.41, 5.74) is 1.63. The molecule has 0 aromatic heterocycles. The van der Waals surface area contributed by atoms with Gasteiger partial charge in [0, 0.05) is 0 Å². The summed E-state index contributed by atoms with van der Waals surface area (Å²) in [6.07, 6.45) is 29.6. The Morgan fingerprint density at radius 2 is 0.875 bits per heavy atom. The van der Waals surface area contributed by atoms with E-state index in [4.69, 9.17) is 0 Å². The normalized spacial score (nSPS) is 12.0. The summed E-state index contributed by atoms with van der Waals surface area (Å²) in [7, 11) is 0. The molecule has 0 radical (unpaired) electrons. The molecule has 0 spiro atoms. The second-order valence-corrected chi connectivity index (χ2v) is 7.89. The Labute approximate surface area is 154 Å². The van der Waals surface area contributed by atoms with Gasteiger partial charge in [0.2, 0.25) is 0 Å². The predicted octanol–water partition coefficient (Wildman–Crippen LogP) is 9.38. The molecule has 0 nitrogen and oxygen atoms in total. The first-order valence-electron chi connectivity index (χ1n) is 11.5. The Morgan fingerprint density at radius 1 is 0.500 bits per heavy atom. The van der Waals surface area contributed by atoms with Crippen LogP contribution in [-0.4, -0.2) is 0 Å². The van der Waals surface area contributed by atoms with E-state index in [0.29, 0.717) is 0 Å². The number of allylic oxidation sites excluding steroid dienone is 2. The average Bonchev–Trinajstić information content (AvgIpc) is 2.59. The molecule has 0 aromatic rings. The molecule has 0 bridgehead atoms. The molecule has 0 saturated carbocycles. The molecule has 0 amide bonds. The third-order valence-electron chi connectivity index (χ3n) is 5.23. The average molecular weight is 337 g/mol. The van der Waals surface area contributed by atoms with Crippen LogP contribution in [0.5, 0.6) is 0 Å². The fraction of sp³-hybridized carbons (Fsp3) is 0.917. The van der Waals surface area contributed by atoms with Gasteiger partial charge < -0.3 is 0 Å². The molecule has 0 aliphatic carbocycles. The summed E-state index contributed by atoms with van der Waals surface area (Å²) >= 11 is 0. The highest BCUT2D eigenvalue weighted by Gasteiger charge is 1.94. The van der Waals surface area contributed by atoms with Crippen molar-refractivity contribution >= 4 is 0 Å². The molecule has 0 unspecified atom stereocenters. The lowest BCUT2D eigenvalue weighted by Crippen LogP contribution is -1.83. The highest BCUT2D eigenvalue weighted by atomic mass is 14.0. The zero-order valence-corrected chi connectivity index (χ0v) is 17.5. The highest BCUT2D eigenvalue weighted by molar-refractivity contribution is 4.97. The molecule has 0 N–H and O–H groups in total. The van der Waals surface area contributed by atoms with Crippen LogP contribution in [0.3, 0.4) is 0 Å². The van der Waals surface area contributed by atoms with E-state index in [-0.39, 0.29) is 0 Å². The second kappa shape index (κ2) is 20.8. The standard InChI is InChI=1S/C24H48/c1-4-6-8-10-11-12-13-14-15-16-17-19-21-23-24(3)22-20-18-9-7-5-2/h23H,4-22H2,1-3H3/b24-23-. The minimum atomic E-state index is 1.32.